The Bertz CT molecular complexity index is 816. The van der Waals surface area contributed by atoms with Crippen molar-refractivity contribution in [2.24, 2.45) is 11.7 Å². The number of methoxy groups -OCH3 is 1. The highest BCUT2D eigenvalue weighted by atomic mass is 32.2. The van der Waals surface area contributed by atoms with Crippen LogP contribution in [0.4, 0.5) is 0 Å². The van der Waals surface area contributed by atoms with Crippen LogP contribution in [0.25, 0.3) is 0 Å². The molecule has 30 heavy (non-hydrogen) atoms. The number of aryl methyl sites for hydroxylation is 2. The van der Waals surface area contributed by atoms with Crippen LogP contribution in [0, 0.1) is 5.92 Å². The highest BCUT2D eigenvalue weighted by molar-refractivity contribution is 8.00. The molecule has 0 amide bonds. The third-order valence-corrected chi connectivity index (χ3v) is 8.32. The van der Waals surface area contributed by atoms with Crippen LogP contribution in [0.15, 0.2) is 36.4 Å². The minimum absolute atomic E-state index is 0.174. The van der Waals surface area contributed by atoms with Crippen molar-refractivity contribution >= 4 is 11.8 Å². The van der Waals surface area contributed by atoms with Crippen LogP contribution in [-0.4, -0.2) is 18.4 Å². The molecule has 1 aliphatic rings. The predicted molar refractivity (Wildman–Crippen MR) is 132 cm³/mol. The van der Waals surface area contributed by atoms with E-state index in [-0.39, 0.29) is 6.04 Å². The average Bonchev–Trinajstić information content (AvgIpc) is 2.73. The van der Waals surface area contributed by atoms with Crippen molar-refractivity contribution in [2.45, 2.75) is 82.8 Å². The first-order valence-electron chi connectivity index (χ1n) is 11.6. The molecule has 1 saturated heterocycles. The molecule has 4 unspecified atom stereocenters. The fourth-order valence-electron chi connectivity index (χ4n) is 4.60. The van der Waals surface area contributed by atoms with Crippen LogP contribution < -0.4 is 10.5 Å². The van der Waals surface area contributed by atoms with Crippen molar-refractivity contribution in [1.82, 2.24) is 0 Å². The standard InChI is InChI=1S/C27H39NOS/c1-6-8-20-10-12-21(13-11-20)15-23-16-24(26(29-5)17-22(23)9-7-2)27-25(28)14-18(3)19(4)30-27/h10-13,16-19,25,27H,6-9,14-15,28H2,1-5H3. The van der Waals surface area contributed by atoms with Gasteiger partial charge in [-0.3, -0.25) is 0 Å². The molecule has 2 N–H and O–H groups in total. The molecule has 0 aliphatic carbocycles. The zero-order valence-corrected chi connectivity index (χ0v) is 20.2. The first-order valence-corrected chi connectivity index (χ1v) is 12.6. The first-order chi connectivity index (χ1) is 14.5. The van der Waals surface area contributed by atoms with Gasteiger partial charge < -0.3 is 10.5 Å². The van der Waals surface area contributed by atoms with E-state index in [2.05, 4.69) is 64.1 Å². The minimum Gasteiger partial charge on any atom is -0.496 e. The Morgan fingerprint density at radius 2 is 1.63 bits per heavy atom. The van der Waals surface area contributed by atoms with Crippen LogP contribution in [0.5, 0.6) is 5.75 Å². The Kier molecular flexibility index (Phi) is 8.30. The second-order valence-electron chi connectivity index (χ2n) is 8.99. The molecule has 164 valence electrons. The van der Waals surface area contributed by atoms with E-state index < -0.39 is 0 Å². The van der Waals surface area contributed by atoms with Crippen molar-refractivity contribution < 1.29 is 4.74 Å². The van der Waals surface area contributed by atoms with Crippen molar-refractivity contribution in [3.8, 4) is 5.75 Å². The third kappa shape index (κ3) is 5.42. The van der Waals surface area contributed by atoms with Gasteiger partial charge in [0, 0.05) is 22.1 Å². The summed E-state index contributed by atoms with van der Waals surface area (Å²) >= 11 is 2.02. The van der Waals surface area contributed by atoms with E-state index in [1.54, 1.807) is 7.11 Å². The molecule has 0 bridgehead atoms. The number of hydrogen-bond donors (Lipinski definition) is 1. The topological polar surface area (TPSA) is 35.2 Å². The lowest BCUT2D eigenvalue weighted by Gasteiger charge is -2.37. The molecule has 2 nitrogen and oxygen atoms in total. The summed E-state index contributed by atoms with van der Waals surface area (Å²) in [6.45, 7) is 9.15. The molecule has 1 fully saturated rings. The van der Waals surface area contributed by atoms with Gasteiger partial charge in [-0.1, -0.05) is 70.9 Å². The number of benzene rings is 2. The average molecular weight is 426 g/mol. The maximum absolute atomic E-state index is 6.66. The van der Waals surface area contributed by atoms with E-state index in [1.165, 1.54) is 34.2 Å². The van der Waals surface area contributed by atoms with Crippen LogP contribution >= 0.6 is 11.8 Å². The number of ether oxygens (including phenoxy) is 1. The van der Waals surface area contributed by atoms with Gasteiger partial charge in [0.05, 0.1) is 7.11 Å². The first kappa shape index (κ1) is 23.2. The summed E-state index contributed by atoms with van der Waals surface area (Å²) in [6.07, 6.45) is 6.61. The molecule has 3 rings (SSSR count). The Labute approximate surface area is 188 Å². The normalized spacial score (nSPS) is 24.1. The summed E-state index contributed by atoms with van der Waals surface area (Å²) in [5, 5.41) is 0.914. The monoisotopic (exact) mass is 425 g/mol. The van der Waals surface area contributed by atoms with Crippen molar-refractivity contribution in [1.29, 1.82) is 0 Å². The maximum Gasteiger partial charge on any atom is 0.123 e. The van der Waals surface area contributed by atoms with E-state index in [0.29, 0.717) is 16.4 Å². The van der Waals surface area contributed by atoms with Crippen LogP contribution in [-0.2, 0) is 19.3 Å². The van der Waals surface area contributed by atoms with Crippen LogP contribution in [0.3, 0.4) is 0 Å². The fraction of sp³-hybridized carbons (Fsp3) is 0.556. The molecule has 3 heteroatoms. The van der Waals surface area contributed by atoms with Gasteiger partial charge in [-0.25, -0.2) is 0 Å². The predicted octanol–water partition coefficient (Wildman–Crippen LogP) is 6.72. The molecule has 2 aromatic carbocycles. The van der Waals surface area contributed by atoms with Crippen LogP contribution in [0.2, 0.25) is 0 Å². The molecule has 0 radical (unpaired) electrons. The zero-order chi connectivity index (χ0) is 21.7. The van der Waals surface area contributed by atoms with E-state index >= 15 is 0 Å². The number of hydrogen-bond acceptors (Lipinski definition) is 3. The third-order valence-electron chi connectivity index (χ3n) is 6.53. The largest absolute Gasteiger partial charge is 0.496 e. The summed E-state index contributed by atoms with van der Waals surface area (Å²) in [5.41, 5.74) is 13.6. The minimum atomic E-state index is 0.174. The second kappa shape index (κ2) is 10.7. The maximum atomic E-state index is 6.66. The molecule has 0 saturated carbocycles. The highest BCUT2D eigenvalue weighted by Gasteiger charge is 2.34. The molecule has 0 spiro atoms. The van der Waals surface area contributed by atoms with E-state index in [9.17, 15) is 0 Å². The van der Waals surface area contributed by atoms with Gasteiger partial charge >= 0.3 is 0 Å². The summed E-state index contributed by atoms with van der Waals surface area (Å²) in [5.74, 6) is 1.67. The quantitative estimate of drug-likeness (QED) is 0.510. The lowest BCUT2D eigenvalue weighted by Crippen LogP contribution is -2.36. The summed E-state index contributed by atoms with van der Waals surface area (Å²) in [6, 6.07) is 14.1. The van der Waals surface area contributed by atoms with Gasteiger partial charge in [0.1, 0.15) is 5.75 Å². The van der Waals surface area contributed by atoms with Gasteiger partial charge in [-0.15, -0.1) is 11.8 Å². The summed E-state index contributed by atoms with van der Waals surface area (Å²) in [7, 11) is 1.80. The smallest absolute Gasteiger partial charge is 0.123 e. The van der Waals surface area contributed by atoms with Crippen molar-refractivity contribution in [3.63, 3.8) is 0 Å². The molecular formula is C27H39NOS. The summed E-state index contributed by atoms with van der Waals surface area (Å²) < 4.78 is 5.87. The van der Waals surface area contributed by atoms with Crippen LogP contribution in [0.1, 0.15) is 80.0 Å². The zero-order valence-electron chi connectivity index (χ0n) is 19.4. The van der Waals surface area contributed by atoms with Gasteiger partial charge in [0.15, 0.2) is 0 Å². The van der Waals surface area contributed by atoms with Gasteiger partial charge in [-0.2, -0.15) is 0 Å². The molecule has 1 heterocycles. The molecule has 1 aliphatic heterocycles. The Morgan fingerprint density at radius 1 is 0.967 bits per heavy atom. The van der Waals surface area contributed by atoms with E-state index in [4.69, 9.17) is 10.5 Å². The number of thioether (sulfide) groups is 1. The molecule has 2 aromatic rings. The lowest BCUT2D eigenvalue weighted by molar-refractivity contribution is 0.395. The van der Waals surface area contributed by atoms with Gasteiger partial charge in [0.25, 0.3) is 0 Å². The molecule has 4 atom stereocenters. The van der Waals surface area contributed by atoms with Crippen molar-refractivity contribution in [3.05, 3.63) is 64.2 Å². The fourth-order valence-corrected chi connectivity index (χ4v) is 6.08. The van der Waals surface area contributed by atoms with E-state index in [1.807, 2.05) is 11.8 Å². The Hall–Kier alpha value is -1.45. The van der Waals surface area contributed by atoms with Gasteiger partial charge in [-0.05, 0) is 59.9 Å². The van der Waals surface area contributed by atoms with Crippen molar-refractivity contribution in [2.75, 3.05) is 7.11 Å². The van der Waals surface area contributed by atoms with E-state index in [0.717, 1.165) is 37.9 Å². The number of nitrogens with two attached hydrogens (primary N) is 1. The number of rotatable bonds is 8. The molecular weight excluding hydrogens is 386 g/mol. The highest BCUT2D eigenvalue weighted by Crippen LogP contribution is 2.47. The van der Waals surface area contributed by atoms with Gasteiger partial charge in [0.2, 0.25) is 0 Å². The molecule has 0 aromatic heterocycles. The lowest BCUT2D eigenvalue weighted by atomic mass is 9.89. The SMILES string of the molecule is CCCc1ccc(Cc2cc(C3SC(C)C(C)CC3N)c(OC)cc2CCC)cc1. The Balaban J connectivity index is 1.95. The second-order valence-corrected chi connectivity index (χ2v) is 10.5. The summed E-state index contributed by atoms with van der Waals surface area (Å²) in [4.78, 5) is 0. The Morgan fingerprint density at radius 3 is 2.27 bits per heavy atom.